The fourth-order valence-corrected chi connectivity index (χ4v) is 3.70. The maximum Gasteiger partial charge on any atom is 0.336 e. The number of fused-ring (bicyclic) bond motifs is 2. The second-order valence-corrected chi connectivity index (χ2v) is 6.70. The smallest absolute Gasteiger partial charge is 0.336 e. The number of hydrogen-bond acceptors (Lipinski definition) is 9. The third kappa shape index (κ3) is 2.93. The number of rotatable bonds is 4. The van der Waals surface area contributed by atoms with Crippen molar-refractivity contribution in [2.24, 2.45) is 0 Å². The highest BCUT2D eigenvalue weighted by Crippen LogP contribution is 2.49. The zero-order valence-electron chi connectivity index (χ0n) is 17.1. The molecule has 0 saturated heterocycles. The quantitative estimate of drug-likeness (QED) is 0.472. The summed E-state index contributed by atoms with van der Waals surface area (Å²) in [5.41, 5.74) is -0.218. The fraction of sp³-hybridized carbons (Fsp3) is 0.182. The normalized spacial score (nSPS) is 11.1. The second-order valence-electron chi connectivity index (χ2n) is 6.70. The summed E-state index contributed by atoms with van der Waals surface area (Å²) in [6.07, 6.45) is 0. The van der Waals surface area contributed by atoms with Gasteiger partial charge >= 0.3 is 11.3 Å². The Bertz CT molecular complexity index is 1460. The minimum Gasteiger partial charge on any atom is -0.504 e. The van der Waals surface area contributed by atoms with Crippen LogP contribution in [0.1, 0.15) is 5.56 Å². The monoisotopic (exact) mass is 426 g/mol. The van der Waals surface area contributed by atoms with Gasteiger partial charge in [0.05, 0.1) is 21.3 Å². The Balaban J connectivity index is 2.27. The van der Waals surface area contributed by atoms with Crippen molar-refractivity contribution in [1.82, 2.24) is 0 Å². The van der Waals surface area contributed by atoms with Gasteiger partial charge in [0.15, 0.2) is 22.7 Å². The van der Waals surface area contributed by atoms with Crippen LogP contribution < -0.4 is 25.5 Å². The number of ether oxygens (including phenoxy) is 3. The standard InChI is InChI=1S/C22H18O9/c1-9-16(10-5-6-14(23)30-19(10)21(28-3)17(9)25)11-8-15(24)31-20-12(11)7-13(27-2)18(26)22(20)29-4/h5-8,25-26H,1-4H3. The topological polar surface area (TPSA) is 129 Å². The molecule has 9 nitrogen and oxygen atoms in total. The maximum atomic E-state index is 12.4. The lowest BCUT2D eigenvalue weighted by Gasteiger charge is -2.17. The van der Waals surface area contributed by atoms with E-state index >= 15 is 0 Å². The third-order valence-electron chi connectivity index (χ3n) is 5.08. The fourth-order valence-electron chi connectivity index (χ4n) is 3.70. The van der Waals surface area contributed by atoms with Crippen molar-refractivity contribution >= 4 is 21.9 Å². The van der Waals surface area contributed by atoms with Gasteiger partial charge in [-0.1, -0.05) is 0 Å². The average molecular weight is 426 g/mol. The van der Waals surface area contributed by atoms with Gasteiger partial charge < -0.3 is 33.3 Å². The molecule has 0 unspecified atom stereocenters. The lowest BCUT2D eigenvalue weighted by Crippen LogP contribution is -2.03. The van der Waals surface area contributed by atoms with Crippen LogP contribution >= 0.6 is 0 Å². The van der Waals surface area contributed by atoms with E-state index in [1.54, 1.807) is 6.92 Å². The summed E-state index contributed by atoms with van der Waals surface area (Å²) >= 11 is 0. The molecule has 0 bridgehead atoms. The predicted octanol–water partition coefficient (Wildman–Crippen LogP) is 3.31. The summed E-state index contributed by atoms with van der Waals surface area (Å²) in [7, 11) is 4.02. The molecule has 31 heavy (non-hydrogen) atoms. The maximum absolute atomic E-state index is 12.4. The van der Waals surface area contributed by atoms with Crippen molar-refractivity contribution in [2.45, 2.75) is 6.92 Å². The van der Waals surface area contributed by atoms with Gasteiger partial charge in [-0.2, -0.15) is 0 Å². The predicted molar refractivity (Wildman–Crippen MR) is 112 cm³/mol. The van der Waals surface area contributed by atoms with Crippen molar-refractivity contribution in [3.63, 3.8) is 0 Å². The van der Waals surface area contributed by atoms with Crippen LogP contribution in [0.4, 0.5) is 0 Å². The number of methoxy groups -OCH3 is 3. The van der Waals surface area contributed by atoms with Crippen LogP contribution in [0.25, 0.3) is 33.1 Å². The summed E-state index contributed by atoms with van der Waals surface area (Å²) < 4.78 is 26.3. The molecule has 0 atom stereocenters. The largest absolute Gasteiger partial charge is 0.504 e. The summed E-state index contributed by atoms with van der Waals surface area (Å²) in [5, 5.41) is 21.9. The molecule has 0 aliphatic carbocycles. The van der Waals surface area contributed by atoms with E-state index < -0.39 is 11.3 Å². The van der Waals surface area contributed by atoms with Crippen molar-refractivity contribution in [2.75, 3.05) is 21.3 Å². The average Bonchev–Trinajstić information content (AvgIpc) is 2.74. The molecular weight excluding hydrogens is 408 g/mol. The lowest BCUT2D eigenvalue weighted by molar-refractivity contribution is 0.338. The van der Waals surface area contributed by atoms with Crippen molar-refractivity contribution in [3.8, 4) is 39.9 Å². The molecule has 0 fully saturated rings. The molecule has 0 aliphatic rings. The van der Waals surface area contributed by atoms with E-state index in [1.807, 2.05) is 0 Å². The van der Waals surface area contributed by atoms with Gasteiger partial charge in [0.25, 0.3) is 0 Å². The minimum atomic E-state index is -0.717. The van der Waals surface area contributed by atoms with Crippen LogP contribution in [0.2, 0.25) is 0 Å². The Kier molecular flexibility index (Phi) is 4.73. The highest BCUT2D eigenvalue weighted by molar-refractivity contribution is 6.08. The van der Waals surface area contributed by atoms with Crippen LogP contribution in [0.15, 0.2) is 42.7 Å². The molecule has 0 amide bonds. The Morgan fingerprint density at radius 2 is 1.39 bits per heavy atom. The molecule has 0 saturated carbocycles. The van der Waals surface area contributed by atoms with Crippen LogP contribution in [-0.4, -0.2) is 31.5 Å². The molecule has 4 rings (SSSR count). The highest BCUT2D eigenvalue weighted by Gasteiger charge is 2.25. The number of phenols is 2. The zero-order valence-corrected chi connectivity index (χ0v) is 17.1. The van der Waals surface area contributed by atoms with Crippen LogP contribution in [-0.2, 0) is 0 Å². The first-order valence-corrected chi connectivity index (χ1v) is 9.07. The Labute approximate surface area is 174 Å². The number of hydrogen-bond donors (Lipinski definition) is 2. The van der Waals surface area contributed by atoms with Crippen LogP contribution in [0.5, 0.6) is 28.7 Å². The third-order valence-corrected chi connectivity index (χ3v) is 5.08. The molecule has 9 heteroatoms. The first-order chi connectivity index (χ1) is 14.8. The molecule has 2 aromatic carbocycles. The Morgan fingerprint density at radius 1 is 0.774 bits per heavy atom. The van der Waals surface area contributed by atoms with Crippen LogP contribution in [0.3, 0.4) is 0 Å². The molecule has 160 valence electrons. The van der Waals surface area contributed by atoms with Gasteiger partial charge in [-0.05, 0) is 19.1 Å². The molecular formula is C22H18O9. The Morgan fingerprint density at radius 3 is 2.03 bits per heavy atom. The van der Waals surface area contributed by atoms with E-state index in [9.17, 15) is 19.8 Å². The number of phenolic OH excluding ortho intramolecular Hbond substituents is 2. The lowest BCUT2D eigenvalue weighted by atomic mass is 9.92. The van der Waals surface area contributed by atoms with E-state index in [2.05, 4.69) is 0 Å². The molecule has 2 aromatic heterocycles. The number of aromatic hydroxyl groups is 2. The van der Waals surface area contributed by atoms with E-state index in [0.717, 1.165) is 0 Å². The molecule has 4 aromatic rings. The van der Waals surface area contributed by atoms with E-state index in [4.69, 9.17) is 23.0 Å². The van der Waals surface area contributed by atoms with Crippen LogP contribution in [0, 0.1) is 6.92 Å². The van der Waals surface area contributed by atoms with E-state index in [-0.39, 0.29) is 39.9 Å². The number of benzene rings is 2. The van der Waals surface area contributed by atoms with Crippen molar-refractivity contribution in [1.29, 1.82) is 0 Å². The van der Waals surface area contributed by atoms with Gasteiger partial charge in [-0.15, -0.1) is 0 Å². The summed E-state index contributed by atoms with van der Waals surface area (Å²) in [6, 6.07) is 5.46. The van der Waals surface area contributed by atoms with Gasteiger partial charge in [0.1, 0.15) is 0 Å². The van der Waals surface area contributed by atoms with Crippen molar-refractivity contribution < 1.29 is 33.3 Å². The first-order valence-electron chi connectivity index (χ1n) is 9.07. The van der Waals surface area contributed by atoms with Gasteiger partial charge in [-0.3, -0.25) is 0 Å². The summed E-state index contributed by atoms with van der Waals surface area (Å²) in [5.74, 6) is -0.583. The summed E-state index contributed by atoms with van der Waals surface area (Å²) in [4.78, 5) is 24.3. The Hall–Kier alpha value is -4.14. The highest BCUT2D eigenvalue weighted by atomic mass is 16.5. The molecule has 2 N–H and O–H groups in total. The van der Waals surface area contributed by atoms with Gasteiger partial charge in [0.2, 0.25) is 17.2 Å². The minimum absolute atomic E-state index is 0.00553. The molecule has 0 aliphatic heterocycles. The second kappa shape index (κ2) is 7.28. The van der Waals surface area contributed by atoms with E-state index in [0.29, 0.717) is 27.5 Å². The molecule has 0 spiro atoms. The van der Waals surface area contributed by atoms with Gasteiger partial charge in [0, 0.05) is 39.6 Å². The zero-order chi connectivity index (χ0) is 22.4. The first kappa shape index (κ1) is 20.1. The van der Waals surface area contributed by atoms with Crippen molar-refractivity contribution in [3.05, 3.63) is 50.7 Å². The van der Waals surface area contributed by atoms with Gasteiger partial charge in [-0.25, -0.2) is 9.59 Å². The molecule has 2 heterocycles. The SMILES string of the molecule is COc1cc2c(-c3c(C)c(O)c(OC)c4oc(=O)ccc34)cc(=O)oc2c(OC)c1O. The van der Waals surface area contributed by atoms with E-state index in [1.165, 1.54) is 45.6 Å². The molecule has 0 radical (unpaired) electrons. The summed E-state index contributed by atoms with van der Waals surface area (Å²) in [6.45, 7) is 1.63.